The Hall–Kier alpha value is -3.32. The molecule has 1 heterocycles. The minimum absolute atomic E-state index is 0.194. The highest BCUT2D eigenvalue weighted by Crippen LogP contribution is 2.40. The third kappa shape index (κ3) is 6.78. The van der Waals surface area contributed by atoms with Gasteiger partial charge in [-0.05, 0) is 30.2 Å². The van der Waals surface area contributed by atoms with Crippen LogP contribution >= 0.6 is 0 Å². The third-order valence-electron chi connectivity index (χ3n) is 6.39. The molecule has 13 heteroatoms. The molecule has 41 heavy (non-hydrogen) atoms. The van der Waals surface area contributed by atoms with Gasteiger partial charge in [0.1, 0.15) is 46.0 Å². The van der Waals surface area contributed by atoms with Crippen molar-refractivity contribution in [3.63, 3.8) is 0 Å². The molecule has 1 aliphatic heterocycles. The number of ether oxygens (including phenoxy) is 3. The Labute approximate surface area is 227 Å². The fourth-order valence-electron chi connectivity index (χ4n) is 4.39. The number of hydrogen-bond acceptors (Lipinski definition) is 3. The Morgan fingerprint density at radius 1 is 0.756 bits per heavy atom. The second kappa shape index (κ2) is 11.9. The second-order valence-electron chi connectivity index (χ2n) is 9.44. The predicted molar refractivity (Wildman–Crippen MR) is 125 cm³/mol. The standard InChI is InChI=1S/C28H22F10O3/c1-2-3-4-14-12-39-26(40-13-14)15-5-6-18(19(29)7-15)16-8-20(30)25(21(31)9-16)28(37,38)41-17-10-22(32)24(23(33)11-17)27(34,35)36/h5-11,14,26H,2-4,12-13H2,1H3. The largest absolute Gasteiger partial charge is 0.432 e. The maximum absolute atomic E-state index is 14.9. The smallest absolute Gasteiger partial charge is 0.429 e. The minimum atomic E-state index is -5.48. The monoisotopic (exact) mass is 596 g/mol. The Morgan fingerprint density at radius 3 is 1.83 bits per heavy atom. The zero-order valence-corrected chi connectivity index (χ0v) is 21.2. The number of rotatable bonds is 8. The van der Waals surface area contributed by atoms with E-state index in [-0.39, 0.29) is 29.2 Å². The van der Waals surface area contributed by atoms with Crippen LogP contribution in [0, 0.1) is 35.0 Å². The lowest BCUT2D eigenvalue weighted by Crippen LogP contribution is -2.27. The molecule has 1 saturated heterocycles. The second-order valence-corrected chi connectivity index (χ2v) is 9.44. The summed E-state index contributed by atoms with van der Waals surface area (Å²) in [6.45, 7) is 2.85. The van der Waals surface area contributed by atoms with Crippen LogP contribution in [0.4, 0.5) is 43.9 Å². The van der Waals surface area contributed by atoms with Crippen LogP contribution in [0.3, 0.4) is 0 Å². The molecule has 1 aliphatic rings. The van der Waals surface area contributed by atoms with Crippen molar-refractivity contribution in [1.82, 2.24) is 0 Å². The SMILES string of the molecule is CCCCC1COC(c2ccc(-c3cc(F)c(C(F)(F)Oc4cc(F)c(C(F)(F)F)c(F)c4)c(F)c3)c(F)c2)OC1. The molecule has 0 spiro atoms. The van der Waals surface area contributed by atoms with Crippen molar-refractivity contribution >= 4 is 0 Å². The summed E-state index contributed by atoms with van der Waals surface area (Å²) < 4.78 is 155. The van der Waals surface area contributed by atoms with E-state index in [2.05, 4.69) is 11.7 Å². The van der Waals surface area contributed by atoms with Crippen molar-refractivity contribution in [1.29, 1.82) is 0 Å². The Balaban J connectivity index is 1.55. The van der Waals surface area contributed by atoms with Crippen LogP contribution in [0.5, 0.6) is 5.75 Å². The van der Waals surface area contributed by atoms with Crippen LogP contribution in [0.25, 0.3) is 11.1 Å². The van der Waals surface area contributed by atoms with Crippen molar-refractivity contribution in [3.8, 4) is 16.9 Å². The molecule has 0 radical (unpaired) electrons. The first kappa shape index (κ1) is 30.6. The van der Waals surface area contributed by atoms with Gasteiger partial charge in [0.15, 0.2) is 6.29 Å². The molecular weight excluding hydrogens is 574 g/mol. The molecule has 0 bridgehead atoms. The predicted octanol–water partition coefficient (Wildman–Crippen LogP) is 9.05. The van der Waals surface area contributed by atoms with Crippen molar-refractivity contribution in [2.45, 2.75) is 44.8 Å². The molecule has 0 aliphatic carbocycles. The summed E-state index contributed by atoms with van der Waals surface area (Å²) in [7, 11) is 0. The molecule has 222 valence electrons. The van der Waals surface area contributed by atoms with Crippen LogP contribution in [-0.4, -0.2) is 13.2 Å². The average Bonchev–Trinajstić information content (AvgIpc) is 2.85. The van der Waals surface area contributed by atoms with Crippen LogP contribution in [-0.2, 0) is 21.8 Å². The van der Waals surface area contributed by atoms with Crippen molar-refractivity contribution in [2.24, 2.45) is 5.92 Å². The zero-order chi connectivity index (χ0) is 30.1. The normalized spacial score (nSPS) is 18.0. The summed E-state index contributed by atoms with van der Waals surface area (Å²) in [5.41, 5.74) is -4.92. The summed E-state index contributed by atoms with van der Waals surface area (Å²) in [6.07, 6.45) is -8.36. The highest BCUT2D eigenvalue weighted by Gasteiger charge is 2.43. The van der Waals surface area contributed by atoms with Gasteiger partial charge in [-0.1, -0.05) is 31.9 Å². The van der Waals surface area contributed by atoms with Crippen molar-refractivity contribution in [3.05, 3.63) is 88.2 Å². The van der Waals surface area contributed by atoms with E-state index in [1.54, 1.807) is 0 Å². The summed E-state index contributed by atoms with van der Waals surface area (Å²) in [5.74, 6) is -10.6. The van der Waals surface area contributed by atoms with Gasteiger partial charge in [0.2, 0.25) is 0 Å². The molecule has 0 atom stereocenters. The summed E-state index contributed by atoms with van der Waals surface area (Å²) in [4.78, 5) is 0. The van der Waals surface area contributed by atoms with Crippen molar-refractivity contribution < 1.29 is 58.1 Å². The van der Waals surface area contributed by atoms with E-state index in [0.29, 0.717) is 25.3 Å². The molecule has 0 aromatic heterocycles. The van der Waals surface area contributed by atoms with E-state index in [9.17, 15) is 43.9 Å². The van der Waals surface area contributed by atoms with E-state index in [4.69, 9.17) is 9.47 Å². The van der Waals surface area contributed by atoms with Crippen LogP contribution in [0.2, 0.25) is 0 Å². The highest BCUT2D eigenvalue weighted by atomic mass is 19.4. The fourth-order valence-corrected chi connectivity index (χ4v) is 4.39. The van der Waals surface area contributed by atoms with E-state index >= 15 is 0 Å². The van der Waals surface area contributed by atoms with Gasteiger partial charge in [-0.15, -0.1) is 0 Å². The molecule has 3 aromatic rings. The lowest BCUT2D eigenvalue weighted by molar-refractivity contribution is -0.206. The maximum Gasteiger partial charge on any atom is 0.432 e. The molecule has 1 fully saturated rings. The number of alkyl halides is 5. The molecule has 3 aromatic carbocycles. The van der Waals surface area contributed by atoms with E-state index in [0.717, 1.165) is 31.4 Å². The van der Waals surface area contributed by atoms with Gasteiger partial charge in [-0.3, -0.25) is 0 Å². The van der Waals surface area contributed by atoms with E-state index in [1.807, 2.05) is 0 Å². The van der Waals surface area contributed by atoms with Gasteiger partial charge < -0.3 is 14.2 Å². The third-order valence-corrected chi connectivity index (χ3v) is 6.39. The topological polar surface area (TPSA) is 27.7 Å². The number of benzene rings is 3. The summed E-state index contributed by atoms with van der Waals surface area (Å²) in [5, 5.41) is 0. The lowest BCUT2D eigenvalue weighted by atomic mass is 9.99. The van der Waals surface area contributed by atoms with Crippen LogP contribution in [0.15, 0.2) is 42.5 Å². The number of hydrogen-bond donors (Lipinski definition) is 0. The highest BCUT2D eigenvalue weighted by molar-refractivity contribution is 5.65. The van der Waals surface area contributed by atoms with E-state index in [1.165, 1.54) is 6.07 Å². The van der Waals surface area contributed by atoms with Gasteiger partial charge in [0, 0.05) is 29.2 Å². The Kier molecular flexibility index (Phi) is 8.88. The lowest BCUT2D eigenvalue weighted by Gasteiger charge is -2.29. The first-order valence-corrected chi connectivity index (χ1v) is 12.4. The van der Waals surface area contributed by atoms with Crippen molar-refractivity contribution in [2.75, 3.05) is 13.2 Å². The quantitative estimate of drug-likeness (QED) is 0.243. The number of unbranched alkanes of at least 4 members (excludes halogenated alkanes) is 1. The molecule has 0 amide bonds. The average molecular weight is 596 g/mol. The van der Waals surface area contributed by atoms with Gasteiger partial charge in [-0.25, -0.2) is 22.0 Å². The Bertz CT molecular complexity index is 1350. The van der Waals surface area contributed by atoms with Gasteiger partial charge in [0.05, 0.1) is 13.2 Å². The molecule has 4 rings (SSSR count). The summed E-state index contributed by atoms with van der Waals surface area (Å²) >= 11 is 0. The molecular formula is C28H22F10O3. The number of halogens is 10. The molecule has 3 nitrogen and oxygen atoms in total. The molecule has 0 saturated carbocycles. The minimum Gasteiger partial charge on any atom is -0.429 e. The van der Waals surface area contributed by atoms with Gasteiger partial charge >= 0.3 is 12.3 Å². The van der Waals surface area contributed by atoms with Gasteiger partial charge in [-0.2, -0.15) is 22.0 Å². The maximum atomic E-state index is 14.9. The molecule has 0 unspecified atom stereocenters. The van der Waals surface area contributed by atoms with E-state index < -0.39 is 70.1 Å². The molecule has 0 N–H and O–H groups in total. The first-order valence-electron chi connectivity index (χ1n) is 12.4. The summed E-state index contributed by atoms with van der Waals surface area (Å²) in [6, 6.07) is 3.90. The fraction of sp³-hybridized carbons (Fsp3) is 0.357. The van der Waals surface area contributed by atoms with Crippen LogP contribution in [0.1, 0.15) is 49.2 Å². The first-order chi connectivity index (χ1) is 19.2. The Morgan fingerprint density at radius 2 is 1.32 bits per heavy atom. The van der Waals surface area contributed by atoms with Gasteiger partial charge in [0.25, 0.3) is 0 Å². The zero-order valence-electron chi connectivity index (χ0n) is 21.2. The van der Waals surface area contributed by atoms with Crippen LogP contribution < -0.4 is 4.74 Å².